The van der Waals surface area contributed by atoms with E-state index in [2.05, 4.69) is 27.4 Å². The summed E-state index contributed by atoms with van der Waals surface area (Å²) in [7, 11) is 0. The van der Waals surface area contributed by atoms with Gasteiger partial charge in [0.2, 0.25) is 0 Å². The van der Waals surface area contributed by atoms with Gasteiger partial charge < -0.3 is 5.11 Å². The van der Waals surface area contributed by atoms with Crippen molar-refractivity contribution in [1.29, 1.82) is 0 Å². The zero-order valence-electron chi connectivity index (χ0n) is 10.8. The van der Waals surface area contributed by atoms with E-state index in [9.17, 15) is 5.11 Å². The molecule has 1 fully saturated rings. The average molecular weight is 220 g/mol. The molecule has 2 aliphatic carbocycles. The van der Waals surface area contributed by atoms with Crippen LogP contribution < -0.4 is 0 Å². The lowest BCUT2D eigenvalue weighted by Gasteiger charge is -2.47. The van der Waals surface area contributed by atoms with Crippen LogP contribution in [0.25, 0.3) is 0 Å². The molecule has 2 rings (SSSR count). The summed E-state index contributed by atoms with van der Waals surface area (Å²) in [5, 5.41) is 10.4. The topological polar surface area (TPSA) is 20.2 Å². The van der Waals surface area contributed by atoms with Gasteiger partial charge in [-0.05, 0) is 51.9 Å². The highest BCUT2D eigenvalue weighted by Crippen LogP contribution is 2.52. The van der Waals surface area contributed by atoms with Crippen molar-refractivity contribution >= 4 is 0 Å². The van der Waals surface area contributed by atoms with Crippen molar-refractivity contribution in [2.75, 3.05) is 0 Å². The van der Waals surface area contributed by atoms with E-state index in [0.29, 0.717) is 5.92 Å². The van der Waals surface area contributed by atoms with Crippen LogP contribution in [0.2, 0.25) is 0 Å². The molecular formula is C15H24O. The Morgan fingerprint density at radius 2 is 2.19 bits per heavy atom. The van der Waals surface area contributed by atoms with E-state index in [1.807, 2.05) is 0 Å². The molecule has 1 N–H and O–H groups in total. The molecule has 0 spiro atoms. The summed E-state index contributed by atoms with van der Waals surface area (Å²) in [5.41, 5.74) is 4.35. The summed E-state index contributed by atoms with van der Waals surface area (Å²) in [6.45, 7) is 10.7. The zero-order valence-corrected chi connectivity index (χ0v) is 10.8. The Labute approximate surface area is 99.3 Å². The van der Waals surface area contributed by atoms with Gasteiger partial charge in [0.25, 0.3) is 0 Å². The van der Waals surface area contributed by atoms with Gasteiger partial charge in [-0.3, -0.25) is 0 Å². The molecule has 0 aliphatic heterocycles. The molecule has 1 heteroatoms. The molecule has 0 amide bonds. The minimum Gasteiger partial charge on any atom is -0.392 e. The lowest BCUT2D eigenvalue weighted by Crippen LogP contribution is -2.42. The maximum Gasteiger partial charge on any atom is 0.0636 e. The second-order valence-electron chi connectivity index (χ2n) is 6.03. The van der Waals surface area contributed by atoms with E-state index in [4.69, 9.17) is 0 Å². The largest absolute Gasteiger partial charge is 0.392 e. The molecule has 0 aromatic carbocycles. The molecule has 90 valence electrons. The van der Waals surface area contributed by atoms with Gasteiger partial charge in [0.05, 0.1) is 6.10 Å². The number of rotatable bonds is 1. The molecule has 0 bridgehead atoms. The third-order valence-corrected chi connectivity index (χ3v) is 4.84. The summed E-state index contributed by atoms with van der Waals surface area (Å²) in [5.74, 6) is 0.492. The van der Waals surface area contributed by atoms with Crippen molar-refractivity contribution in [2.24, 2.45) is 11.3 Å². The zero-order chi connectivity index (χ0) is 11.9. The number of hydrogen-bond donors (Lipinski definition) is 1. The van der Waals surface area contributed by atoms with E-state index in [0.717, 1.165) is 19.3 Å². The van der Waals surface area contributed by atoms with E-state index >= 15 is 0 Å². The quantitative estimate of drug-likeness (QED) is 0.666. The van der Waals surface area contributed by atoms with Gasteiger partial charge >= 0.3 is 0 Å². The number of aliphatic hydroxyl groups excluding tert-OH is 1. The summed E-state index contributed by atoms with van der Waals surface area (Å²) in [4.78, 5) is 0. The Balaban J connectivity index is 2.35. The molecule has 0 radical (unpaired) electrons. The minimum atomic E-state index is -0.173. The molecule has 0 heterocycles. The smallest absolute Gasteiger partial charge is 0.0636 e. The third-order valence-electron chi connectivity index (χ3n) is 4.84. The van der Waals surface area contributed by atoms with Crippen molar-refractivity contribution in [1.82, 2.24) is 0 Å². The second kappa shape index (κ2) is 4.03. The first-order valence-corrected chi connectivity index (χ1v) is 6.47. The fourth-order valence-electron chi connectivity index (χ4n) is 3.52. The van der Waals surface area contributed by atoms with Crippen molar-refractivity contribution in [3.63, 3.8) is 0 Å². The van der Waals surface area contributed by atoms with E-state index in [1.54, 1.807) is 0 Å². The van der Waals surface area contributed by atoms with Crippen LogP contribution in [0.4, 0.5) is 0 Å². The highest BCUT2D eigenvalue weighted by atomic mass is 16.3. The van der Waals surface area contributed by atoms with Crippen LogP contribution in [0.1, 0.15) is 52.9 Å². The SMILES string of the molecule is C=C(C)[C@H]1CC2=C(C)CCC[C@]2(C)[C@@H](O)C1. The maximum absolute atomic E-state index is 10.4. The molecular weight excluding hydrogens is 196 g/mol. The number of aliphatic hydroxyl groups is 1. The summed E-state index contributed by atoms with van der Waals surface area (Å²) < 4.78 is 0. The van der Waals surface area contributed by atoms with Crippen molar-refractivity contribution in [3.05, 3.63) is 23.3 Å². The normalized spacial score (nSPS) is 39.5. The molecule has 0 unspecified atom stereocenters. The molecule has 1 saturated carbocycles. The Hall–Kier alpha value is -0.560. The first-order chi connectivity index (χ1) is 7.45. The Morgan fingerprint density at radius 1 is 1.50 bits per heavy atom. The molecule has 16 heavy (non-hydrogen) atoms. The summed E-state index contributed by atoms with van der Waals surface area (Å²) in [6, 6.07) is 0. The van der Waals surface area contributed by atoms with E-state index in [1.165, 1.54) is 29.6 Å². The van der Waals surface area contributed by atoms with Crippen LogP contribution in [0.5, 0.6) is 0 Å². The Kier molecular flexibility index (Phi) is 3.00. The van der Waals surface area contributed by atoms with Gasteiger partial charge in [-0.1, -0.05) is 30.2 Å². The van der Waals surface area contributed by atoms with Crippen molar-refractivity contribution < 1.29 is 5.11 Å². The molecule has 0 saturated heterocycles. The first-order valence-electron chi connectivity index (χ1n) is 6.47. The number of allylic oxidation sites excluding steroid dienone is 2. The Bertz CT molecular complexity index is 339. The predicted molar refractivity (Wildman–Crippen MR) is 68.2 cm³/mol. The average Bonchev–Trinajstić information content (AvgIpc) is 2.20. The molecule has 3 atom stereocenters. The first kappa shape index (κ1) is 11.9. The highest BCUT2D eigenvalue weighted by Gasteiger charge is 2.44. The van der Waals surface area contributed by atoms with Crippen LogP contribution >= 0.6 is 0 Å². The highest BCUT2D eigenvalue weighted by molar-refractivity contribution is 5.29. The fourth-order valence-corrected chi connectivity index (χ4v) is 3.52. The molecule has 0 aromatic rings. The van der Waals surface area contributed by atoms with Crippen LogP contribution in [0.15, 0.2) is 23.3 Å². The van der Waals surface area contributed by atoms with Crippen LogP contribution in [-0.2, 0) is 0 Å². The second-order valence-corrected chi connectivity index (χ2v) is 6.03. The Morgan fingerprint density at radius 3 is 2.81 bits per heavy atom. The number of hydrogen-bond acceptors (Lipinski definition) is 1. The third kappa shape index (κ3) is 1.75. The molecule has 1 nitrogen and oxygen atoms in total. The van der Waals surface area contributed by atoms with Gasteiger partial charge in [0.15, 0.2) is 0 Å². The maximum atomic E-state index is 10.4. The lowest BCUT2D eigenvalue weighted by atomic mass is 9.59. The summed E-state index contributed by atoms with van der Waals surface area (Å²) >= 11 is 0. The minimum absolute atomic E-state index is 0.0638. The fraction of sp³-hybridized carbons (Fsp3) is 0.733. The van der Waals surface area contributed by atoms with Gasteiger partial charge in [-0.25, -0.2) is 0 Å². The molecule has 2 aliphatic rings. The van der Waals surface area contributed by atoms with E-state index in [-0.39, 0.29) is 11.5 Å². The lowest BCUT2D eigenvalue weighted by molar-refractivity contribution is 0.0118. The van der Waals surface area contributed by atoms with Crippen LogP contribution in [0, 0.1) is 11.3 Å². The molecule has 0 aromatic heterocycles. The van der Waals surface area contributed by atoms with Crippen LogP contribution in [-0.4, -0.2) is 11.2 Å². The standard InChI is InChI=1S/C15H24O/c1-10(2)12-8-13-11(3)6-5-7-15(13,4)14(16)9-12/h12,14,16H,1,5-9H2,2-4H3/t12-,14-,15-/m0/s1. The van der Waals surface area contributed by atoms with Crippen LogP contribution in [0.3, 0.4) is 0 Å². The monoisotopic (exact) mass is 220 g/mol. The van der Waals surface area contributed by atoms with Gasteiger partial charge in [-0.15, -0.1) is 0 Å². The van der Waals surface area contributed by atoms with Gasteiger partial charge in [0, 0.05) is 5.41 Å². The van der Waals surface area contributed by atoms with Crippen molar-refractivity contribution in [2.45, 2.75) is 59.0 Å². The van der Waals surface area contributed by atoms with Gasteiger partial charge in [-0.2, -0.15) is 0 Å². The number of fused-ring (bicyclic) bond motifs is 1. The van der Waals surface area contributed by atoms with Crippen molar-refractivity contribution in [3.8, 4) is 0 Å². The van der Waals surface area contributed by atoms with Gasteiger partial charge in [0.1, 0.15) is 0 Å². The predicted octanol–water partition coefficient (Wildman–Crippen LogP) is 3.84. The summed E-state index contributed by atoms with van der Waals surface area (Å²) in [6.07, 6.45) is 5.48. The van der Waals surface area contributed by atoms with E-state index < -0.39 is 0 Å².